The molecule has 7 heteroatoms. The second-order valence-corrected chi connectivity index (χ2v) is 7.74. The molecule has 0 radical (unpaired) electrons. The molecule has 0 unspecified atom stereocenters. The Hall–Kier alpha value is -1.89. The molecule has 25 heavy (non-hydrogen) atoms. The molecule has 3 saturated carbocycles. The van der Waals surface area contributed by atoms with Gasteiger partial charge < -0.3 is 20.6 Å². The number of hydrogen-bond donors (Lipinski definition) is 3. The molecule has 3 aliphatic rings. The fourth-order valence-electron chi connectivity index (χ4n) is 4.02. The number of amides is 1. The molecular weight excluding hydrogens is 344 g/mol. The first-order valence-electron chi connectivity index (χ1n) is 8.33. The summed E-state index contributed by atoms with van der Waals surface area (Å²) in [7, 11) is 0. The number of halogens is 1. The fraction of sp³-hybridized carbons (Fsp3) is 0.444. The number of carbonyl (C=O) groups excluding carboxylic acids is 1. The number of benzene rings is 1. The first kappa shape index (κ1) is 16.6. The lowest BCUT2D eigenvalue weighted by atomic mass is 9.60. The van der Waals surface area contributed by atoms with Crippen molar-refractivity contribution < 1.29 is 14.3 Å². The zero-order valence-corrected chi connectivity index (χ0v) is 14.3. The highest BCUT2D eigenvalue weighted by Crippen LogP contribution is 2.45. The van der Waals surface area contributed by atoms with E-state index in [-0.39, 0.29) is 11.2 Å². The van der Waals surface area contributed by atoms with Crippen LogP contribution < -0.4 is 16.5 Å². The van der Waals surface area contributed by atoms with Crippen LogP contribution in [0.15, 0.2) is 33.5 Å². The van der Waals surface area contributed by atoms with Gasteiger partial charge in [0.2, 0.25) is 0 Å². The Labute approximate surface area is 149 Å². The Morgan fingerprint density at radius 2 is 2.00 bits per heavy atom. The zero-order valence-electron chi connectivity index (χ0n) is 13.5. The molecule has 1 amide bonds. The Balaban J connectivity index is 1.63. The molecule has 6 nitrogen and oxygen atoms in total. The van der Waals surface area contributed by atoms with E-state index in [2.05, 4.69) is 5.32 Å². The van der Waals surface area contributed by atoms with Crippen molar-refractivity contribution in [2.75, 3.05) is 0 Å². The highest BCUT2D eigenvalue weighted by molar-refractivity contribution is 6.31. The van der Waals surface area contributed by atoms with Crippen LogP contribution in [0.2, 0.25) is 5.02 Å². The summed E-state index contributed by atoms with van der Waals surface area (Å²) in [4.78, 5) is 24.9. The second-order valence-electron chi connectivity index (χ2n) is 7.30. The molecule has 1 heterocycles. The molecule has 132 valence electrons. The van der Waals surface area contributed by atoms with Crippen LogP contribution in [-0.4, -0.2) is 28.2 Å². The average Bonchev–Trinajstić information content (AvgIpc) is 2.57. The zero-order chi connectivity index (χ0) is 17.8. The van der Waals surface area contributed by atoms with Crippen LogP contribution in [0, 0.1) is 0 Å². The van der Waals surface area contributed by atoms with Crippen molar-refractivity contribution in [2.24, 2.45) is 5.73 Å². The maximum absolute atomic E-state index is 12.7. The van der Waals surface area contributed by atoms with Crippen molar-refractivity contribution in [1.29, 1.82) is 0 Å². The molecule has 2 bridgehead atoms. The van der Waals surface area contributed by atoms with E-state index in [4.69, 9.17) is 21.8 Å². The average molecular weight is 363 g/mol. The minimum atomic E-state index is -0.638. The number of nitrogens with two attached hydrogens (primary N) is 1. The summed E-state index contributed by atoms with van der Waals surface area (Å²) in [6, 6.07) is 5.87. The number of fused-ring (bicyclic) bond motifs is 4. The number of rotatable bonds is 2. The minimum absolute atomic E-state index is 0.0427. The van der Waals surface area contributed by atoms with Gasteiger partial charge in [0.25, 0.3) is 5.91 Å². The van der Waals surface area contributed by atoms with Crippen molar-refractivity contribution in [1.82, 2.24) is 5.32 Å². The van der Waals surface area contributed by atoms with Crippen LogP contribution in [0.3, 0.4) is 0 Å². The highest BCUT2D eigenvalue weighted by Gasteiger charge is 2.52. The molecule has 3 aliphatic carbocycles. The molecule has 1 atom stereocenters. The van der Waals surface area contributed by atoms with Crippen LogP contribution >= 0.6 is 11.6 Å². The van der Waals surface area contributed by atoms with Crippen molar-refractivity contribution in [3.8, 4) is 0 Å². The van der Waals surface area contributed by atoms with Crippen LogP contribution in [0.1, 0.15) is 42.7 Å². The van der Waals surface area contributed by atoms with Gasteiger partial charge in [-0.25, -0.2) is 0 Å². The Morgan fingerprint density at radius 1 is 1.28 bits per heavy atom. The van der Waals surface area contributed by atoms with E-state index in [9.17, 15) is 14.7 Å². The molecule has 0 spiro atoms. The SMILES string of the molecule is NC12CCC(NC(=O)c3cc(=O)c4cc(Cl)ccc4o3)(CC1)C[C@@H]2O. The third kappa shape index (κ3) is 2.74. The molecule has 0 saturated heterocycles. The predicted molar refractivity (Wildman–Crippen MR) is 93.7 cm³/mol. The van der Waals surface area contributed by atoms with E-state index in [1.54, 1.807) is 12.1 Å². The summed E-state index contributed by atoms with van der Waals surface area (Å²) in [5.41, 5.74) is 5.16. The summed E-state index contributed by atoms with van der Waals surface area (Å²) < 4.78 is 5.59. The van der Waals surface area contributed by atoms with Gasteiger partial charge in [0.15, 0.2) is 11.2 Å². The van der Waals surface area contributed by atoms with Gasteiger partial charge in [0.1, 0.15) is 5.58 Å². The minimum Gasteiger partial charge on any atom is -0.451 e. The van der Waals surface area contributed by atoms with E-state index >= 15 is 0 Å². The highest BCUT2D eigenvalue weighted by atomic mass is 35.5. The third-order valence-electron chi connectivity index (χ3n) is 5.68. The maximum Gasteiger partial charge on any atom is 0.287 e. The van der Waals surface area contributed by atoms with Crippen molar-refractivity contribution in [2.45, 2.75) is 49.3 Å². The lowest BCUT2D eigenvalue weighted by Crippen LogP contribution is -2.68. The molecule has 3 fully saturated rings. The molecule has 0 aliphatic heterocycles. The van der Waals surface area contributed by atoms with Gasteiger partial charge in [-0.15, -0.1) is 0 Å². The van der Waals surface area contributed by atoms with Crippen LogP contribution in [-0.2, 0) is 0 Å². The third-order valence-corrected chi connectivity index (χ3v) is 5.91. The van der Waals surface area contributed by atoms with Gasteiger partial charge in [-0.1, -0.05) is 11.6 Å². The van der Waals surface area contributed by atoms with E-state index in [0.29, 0.717) is 48.1 Å². The van der Waals surface area contributed by atoms with E-state index in [1.165, 1.54) is 12.1 Å². The van der Waals surface area contributed by atoms with E-state index in [0.717, 1.165) is 0 Å². The number of nitrogens with one attached hydrogen (secondary N) is 1. The Kier molecular flexibility index (Phi) is 3.68. The summed E-state index contributed by atoms with van der Waals surface area (Å²) in [5, 5.41) is 14.0. The van der Waals surface area contributed by atoms with Gasteiger partial charge in [0, 0.05) is 22.2 Å². The summed E-state index contributed by atoms with van der Waals surface area (Å²) in [6.07, 6.45) is 2.52. The molecular formula is C18H19ClN2O4. The number of carbonyl (C=O) groups is 1. The van der Waals surface area contributed by atoms with Crippen LogP contribution in [0.25, 0.3) is 11.0 Å². The molecule has 1 aromatic carbocycles. The van der Waals surface area contributed by atoms with E-state index < -0.39 is 23.1 Å². The van der Waals surface area contributed by atoms with E-state index in [1.807, 2.05) is 0 Å². The molecule has 5 rings (SSSR count). The number of aliphatic hydroxyl groups is 1. The summed E-state index contributed by atoms with van der Waals surface area (Å²) >= 11 is 5.89. The van der Waals surface area contributed by atoms with Gasteiger partial charge >= 0.3 is 0 Å². The van der Waals surface area contributed by atoms with Crippen molar-refractivity contribution >= 4 is 28.5 Å². The van der Waals surface area contributed by atoms with Gasteiger partial charge in [-0.05, 0) is 50.3 Å². The maximum atomic E-state index is 12.7. The van der Waals surface area contributed by atoms with Crippen LogP contribution in [0.5, 0.6) is 0 Å². The second kappa shape index (κ2) is 5.56. The normalized spacial score (nSPS) is 31.2. The predicted octanol–water partition coefficient (Wildman–Crippen LogP) is 1.95. The Bertz CT molecular complexity index is 915. The van der Waals surface area contributed by atoms with Crippen molar-refractivity contribution in [3.63, 3.8) is 0 Å². The number of aliphatic hydroxyl groups excluding tert-OH is 1. The van der Waals surface area contributed by atoms with Crippen LogP contribution in [0.4, 0.5) is 0 Å². The monoisotopic (exact) mass is 362 g/mol. The molecule has 1 aromatic heterocycles. The van der Waals surface area contributed by atoms with Gasteiger partial charge in [-0.2, -0.15) is 0 Å². The summed E-state index contributed by atoms with van der Waals surface area (Å²) in [6.45, 7) is 0. The molecule has 2 aromatic rings. The van der Waals surface area contributed by atoms with Gasteiger partial charge in [-0.3, -0.25) is 9.59 Å². The largest absolute Gasteiger partial charge is 0.451 e. The smallest absolute Gasteiger partial charge is 0.287 e. The topological polar surface area (TPSA) is 106 Å². The first-order chi connectivity index (χ1) is 11.8. The fourth-order valence-corrected chi connectivity index (χ4v) is 4.20. The Morgan fingerprint density at radius 3 is 2.68 bits per heavy atom. The quantitative estimate of drug-likeness (QED) is 0.757. The standard InChI is InChI=1S/C18H19ClN2O4/c19-10-1-2-13-11(7-10)12(22)8-14(25-13)16(24)21-17-3-5-18(20,6-4-17)15(23)9-17/h1-2,7-8,15,23H,3-6,9,20H2,(H,21,24)/t15-,17?,18?/m0/s1. The summed E-state index contributed by atoms with van der Waals surface area (Å²) in [5.74, 6) is -0.494. The molecule has 4 N–H and O–H groups in total. The van der Waals surface area contributed by atoms with Crippen molar-refractivity contribution in [3.05, 3.63) is 45.3 Å². The number of hydrogen-bond acceptors (Lipinski definition) is 5. The lowest BCUT2D eigenvalue weighted by Gasteiger charge is -2.54. The lowest BCUT2D eigenvalue weighted by molar-refractivity contribution is -0.0413. The van der Waals surface area contributed by atoms with Gasteiger partial charge in [0.05, 0.1) is 11.5 Å². The first-order valence-corrected chi connectivity index (χ1v) is 8.71.